The van der Waals surface area contributed by atoms with Gasteiger partial charge in [0.2, 0.25) is 10.0 Å². The number of halogens is 1. The highest BCUT2D eigenvalue weighted by Crippen LogP contribution is 2.21. The van der Waals surface area contributed by atoms with E-state index < -0.39 is 15.9 Å². The zero-order valence-electron chi connectivity index (χ0n) is 17.1. The lowest BCUT2D eigenvalue weighted by atomic mass is 10.1. The average molecular weight is 456 g/mol. The molecule has 0 saturated heterocycles. The number of carbonyl (C=O) groups is 1. The number of benzene rings is 3. The molecule has 1 N–H and O–H groups in total. The van der Waals surface area contributed by atoms with Crippen molar-refractivity contribution in [1.29, 1.82) is 0 Å². The van der Waals surface area contributed by atoms with Crippen molar-refractivity contribution in [3.05, 3.63) is 101 Å². The first kappa shape index (κ1) is 22.5. The van der Waals surface area contributed by atoms with Crippen LogP contribution in [0.1, 0.15) is 28.4 Å². The quantitative estimate of drug-likeness (QED) is 0.422. The van der Waals surface area contributed by atoms with E-state index >= 15 is 0 Å². The van der Waals surface area contributed by atoms with Gasteiger partial charge in [0.25, 0.3) is 5.91 Å². The zero-order valence-corrected chi connectivity index (χ0v) is 18.7. The van der Waals surface area contributed by atoms with Crippen LogP contribution in [0.5, 0.6) is 0 Å². The number of nitrogens with one attached hydrogen (secondary N) is 1. The Hall–Kier alpha value is -3.16. The SMILES string of the molecule is C/C(=N/NC(=O)c1ccc(N(Cc2ccccc2)S(C)(=O)=O)cc1)c1ccc(Cl)cc1. The van der Waals surface area contributed by atoms with Gasteiger partial charge in [-0.3, -0.25) is 9.10 Å². The summed E-state index contributed by atoms with van der Waals surface area (Å²) in [4.78, 5) is 12.4. The molecule has 0 aliphatic rings. The summed E-state index contributed by atoms with van der Waals surface area (Å²) in [6.07, 6.45) is 1.16. The Morgan fingerprint density at radius 2 is 1.52 bits per heavy atom. The molecule has 0 radical (unpaired) electrons. The Morgan fingerprint density at radius 1 is 0.935 bits per heavy atom. The average Bonchev–Trinajstić information content (AvgIpc) is 2.76. The summed E-state index contributed by atoms with van der Waals surface area (Å²) in [5.74, 6) is -0.395. The molecule has 0 heterocycles. The molecule has 0 atom stereocenters. The van der Waals surface area contributed by atoms with Crippen molar-refractivity contribution in [2.45, 2.75) is 13.5 Å². The van der Waals surface area contributed by atoms with Crippen LogP contribution in [0.3, 0.4) is 0 Å². The standard InChI is InChI=1S/C23H22ClN3O3S/c1-17(19-8-12-21(24)13-9-19)25-26-23(28)20-10-14-22(15-11-20)27(31(2,29)30)16-18-6-4-3-5-7-18/h3-15H,16H2,1-2H3,(H,26,28)/b25-17-. The van der Waals surface area contributed by atoms with E-state index in [1.54, 1.807) is 43.3 Å². The minimum absolute atomic E-state index is 0.204. The lowest BCUT2D eigenvalue weighted by Gasteiger charge is -2.22. The van der Waals surface area contributed by atoms with Gasteiger partial charge in [0.05, 0.1) is 24.2 Å². The van der Waals surface area contributed by atoms with Crippen molar-refractivity contribution < 1.29 is 13.2 Å². The number of hydrogen-bond donors (Lipinski definition) is 1. The normalized spacial score (nSPS) is 11.8. The third-order valence-corrected chi connectivity index (χ3v) is 5.97. The fraction of sp³-hybridized carbons (Fsp3) is 0.130. The molecule has 0 unspecified atom stereocenters. The summed E-state index contributed by atoms with van der Waals surface area (Å²) in [5.41, 5.74) is 5.69. The fourth-order valence-electron chi connectivity index (χ4n) is 2.88. The van der Waals surface area contributed by atoms with Gasteiger partial charge in [0.15, 0.2) is 0 Å². The molecule has 3 aromatic rings. The van der Waals surface area contributed by atoms with Crippen LogP contribution in [0, 0.1) is 0 Å². The molecule has 0 bridgehead atoms. The Labute approximate surface area is 187 Å². The van der Waals surface area contributed by atoms with E-state index in [0.29, 0.717) is 22.0 Å². The van der Waals surface area contributed by atoms with Gasteiger partial charge in [-0.15, -0.1) is 0 Å². The van der Waals surface area contributed by atoms with Gasteiger partial charge in [-0.2, -0.15) is 5.10 Å². The summed E-state index contributed by atoms with van der Waals surface area (Å²) < 4.78 is 25.9. The maximum Gasteiger partial charge on any atom is 0.271 e. The van der Waals surface area contributed by atoms with Gasteiger partial charge < -0.3 is 0 Å². The van der Waals surface area contributed by atoms with Gasteiger partial charge >= 0.3 is 0 Å². The van der Waals surface area contributed by atoms with Crippen LogP contribution in [0.15, 0.2) is 84.0 Å². The molecule has 3 aromatic carbocycles. The maximum absolute atomic E-state index is 12.4. The zero-order chi connectivity index (χ0) is 22.4. The van der Waals surface area contributed by atoms with Crippen molar-refractivity contribution in [3.63, 3.8) is 0 Å². The van der Waals surface area contributed by atoms with E-state index in [4.69, 9.17) is 11.6 Å². The number of hydrogen-bond acceptors (Lipinski definition) is 4. The van der Waals surface area contributed by atoms with Crippen LogP contribution in [0.25, 0.3) is 0 Å². The van der Waals surface area contributed by atoms with Crippen LogP contribution in [-0.2, 0) is 16.6 Å². The smallest absolute Gasteiger partial charge is 0.267 e. The van der Waals surface area contributed by atoms with E-state index in [2.05, 4.69) is 10.5 Å². The second-order valence-corrected chi connectivity index (χ2v) is 9.29. The number of rotatable bonds is 7. The molecular weight excluding hydrogens is 434 g/mol. The predicted molar refractivity (Wildman–Crippen MR) is 125 cm³/mol. The van der Waals surface area contributed by atoms with E-state index in [1.807, 2.05) is 42.5 Å². The Morgan fingerprint density at radius 3 is 2.10 bits per heavy atom. The highest BCUT2D eigenvalue weighted by Gasteiger charge is 2.18. The molecule has 0 spiro atoms. The lowest BCUT2D eigenvalue weighted by molar-refractivity contribution is 0.0955. The topological polar surface area (TPSA) is 78.8 Å². The lowest BCUT2D eigenvalue weighted by Crippen LogP contribution is -2.29. The molecular formula is C23H22ClN3O3S. The van der Waals surface area contributed by atoms with Gasteiger partial charge in [-0.1, -0.05) is 54.1 Å². The van der Waals surface area contributed by atoms with E-state index in [-0.39, 0.29) is 6.54 Å². The molecule has 0 saturated carbocycles. The minimum Gasteiger partial charge on any atom is -0.267 e. The van der Waals surface area contributed by atoms with Crippen LogP contribution in [0.2, 0.25) is 5.02 Å². The van der Waals surface area contributed by atoms with Crippen LogP contribution in [0.4, 0.5) is 5.69 Å². The molecule has 0 aromatic heterocycles. The van der Waals surface area contributed by atoms with Crippen LogP contribution >= 0.6 is 11.6 Å². The second kappa shape index (κ2) is 9.76. The fourth-order valence-corrected chi connectivity index (χ4v) is 3.90. The molecule has 6 nitrogen and oxygen atoms in total. The first-order valence-corrected chi connectivity index (χ1v) is 11.7. The van der Waals surface area contributed by atoms with E-state index in [1.165, 1.54) is 4.31 Å². The van der Waals surface area contributed by atoms with Crippen molar-refractivity contribution >= 4 is 38.9 Å². The number of sulfonamides is 1. The van der Waals surface area contributed by atoms with Gasteiger partial charge in [-0.25, -0.2) is 13.8 Å². The molecule has 31 heavy (non-hydrogen) atoms. The number of anilines is 1. The van der Waals surface area contributed by atoms with Crippen molar-refractivity contribution in [3.8, 4) is 0 Å². The summed E-state index contributed by atoms with van der Waals surface area (Å²) >= 11 is 5.88. The monoisotopic (exact) mass is 455 g/mol. The van der Waals surface area contributed by atoms with Gasteiger partial charge in [-0.05, 0) is 54.4 Å². The number of hydrazone groups is 1. The molecule has 3 rings (SSSR count). The Bertz CT molecular complexity index is 1180. The second-order valence-electron chi connectivity index (χ2n) is 6.95. The third-order valence-electron chi connectivity index (χ3n) is 4.57. The highest BCUT2D eigenvalue weighted by atomic mass is 35.5. The molecule has 1 amide bonds. The van der Waals surface area contributed by atoms with Crippen molar-refractivity contribution in [2.24, 2.45) is 5.10 Å². The van der Waals surface area contributed by atoms with Gasteiger partial charge in [0, 0.05) is 10.6 Å². The summed E-state index contributed by atoms with van der Waals surface area (Å²) in [6, 6.07) is 22.8. The first-order valence-electron chi connectivity index (χ1n) is 9.46. The summed E-state index contributed by atoms with van der Waals surface area (Å²) in [5, 5.41) is 4.74. The molecule has 8 heteroatoms. The van der Waals surface area contributed by atoms with E-state index in [0.717, 1.165) is 17.4 Å². The summed E-state index contributed by atoms with van der Waals surface area (Å²) in [7, 11) is -3.50. The van der Waals surface area contributed by atoms with Gasteiger partial charge in [0.1, 0.15) is 0 Å². The Balaban J connectivity index is 1.73. The molecule has 0 aliphatic heterocycles. The number of carbonyl (C=O) groups excluding carboxylic acids is 1. The third kappa shape index (κ3) is 6.16. The Kier molecular flexibility index (Phi) is 7.09. The van der Waals surface area contributed by atoms with Crippen molar-refractivity contribution in [1.82, 2.24) is 5.43 Å². The largest absolute Gasteiger partial charge is 0.271 e. The summed E-state index contributed by atoms with van der Waals surface area (Å²) in [6.45, 7) is 1.98. The number of amides is 1. The highest BCUT2D eigenvalue weighted by molar-refractivity contribution is 7.92. The molecule has 0 fully saturated rings. The van der Waals surface area contributed by atoms with Crippen molar-refractivity contribution in [2.75, 3.05) is 10.6 Å². The van der Waals surface area contributed by atoms with Crippen LogP contribution in [-0.4, -0.2) is 26.3 Å². The molecule has 0 aliphatic carbocycles. The maximum atomic E-state index is 12.4. The minimum atomic E-state index is -3.50. The van der Waals surface area contributed by atoms with E-state index in [9.17, 15) is 13.2 Å². The first-order chi connectivity index (χ1) is 14.7. The number of nitrogens with zero attached hydrogens (tertiary/aromatic N) is 2. The van der Waals surface area contributed by atoms with Crippen LogP contribution < -0.4 is 9.73 Å². The molecule has 160 valence electrons. The predicted octanol–water partition coefficient (Wildman–Crippen LogP) is 4.46.